The van der Waals surface area contributed by atoms with Crippen LogP contribution >= 0.6 is 0 Å². The molecular formula is C16H12N2O4. The smallest absolute Gasteiger partial charge is 0.270 e. The van der Waals surface area contributed by atoms with Crippen LogP contribution in [-0.4, -0.2) is 10.8 Å². The summed E-state index contributed by atoms with van der Waals surface area (Å²) in [7, 11) is 0. The van der Waals surface area contributed by atoms with Gasteiger partial charge < -0.3 is 9.73 Å². The molecule has 6 heteroatoms. The zero-order chi connectivity index (χ0) is 15.7. The summed E-state index contributed by atoms with van der Waals surface area (Å²) in [5.74, 6) is -0.372. The van der Waals surface area contributed by atoms with Crippen LogP contribution in [0.15, 0.2) is 53.1 Å². The highest BCUT2D eigenvalue weighted by Crippen LogP contribution is 2.26. The van der Waals surface area contributed by atoms with Crippen molar-refractivity contribution in [1.29, 1.82) is 0 Å². The van der Waals surface area contributed by atoms with E-state index >= 15 is 0 Å². The summed E-state index contributed by atoms with van der Waals surface area (Å²) in [5.41, 5.74) is 2.34. The minimum atomic E-state index is -0.506. The Hall–Kier alpha value is -3.15. The lowest BCUT2D eigenvalue weighted by atomic mass is 10.1. The van der Waals surface area contributed by atoms with Crippen molar-refractivity contribution in [1.82, 2.24) is 0 Å². The quantitative estimate of drug-likeness (QED) is 0.586. The number of aryl methyl sites for hydroxylation is 1. The van der Waals surface area contributed by atoms with Crippen LogP contribution in [0.2, 0.25) is 0 Å². The summed E-state index contributed by atoms with van der Waals surface area (Å²) in [6.45, 7) is 1.95. The molecule has 0 saturated heterocycles. The number of carbonyl (C=O) groups is 1. The van der Waals surface area contributed by atoms with E-state index in [1.807, 2.05) is 19.1 Å². The third kappa shape index (κ3) is 2.54. The number of hydrogen-bond acceptors (Lipinski definition) is 4. The van der Waals surface area contributed by atoms with Gasteiger partial charge in [0.1, 0.15) is 11.8 Å². The minimum absolute atomic E-state index is 0.0849. The van der Waals surface area contributed by atoms with Crippen molar-refractivity contribution in [3.05, 3.63) is 70.0 Å². The maximum absolute atomic E-state index is 12.3. The fourth-order valence-corrected chi connectivity index (χ4v) is 2.14. The number of carbonyl (C=O) groups excluding carboxylic acids is 1. The van der Waals surface area contributed by atoms with Gasteiger partial charge in [-0.2, -0.15) is 0 Å². The largest absolute Gasteiger partial charge is 0.463 e. The molecule has 1 heterocycles. The maximum atomic E-state index is 12.3. The molecule has 0 fully saturated rings. The zero-order valence-corrected chi connectivity index (χ0v) is 11.7. The van der Waals surface area contributed by atoms with Crippen LogP contribution in [0.4, 0.5) is 11.4 Å². The van der Waals surface area contributed by atoms with E-state index in [-0.39, 0.29) is 17.2 Å². The van der Waals surface area contributed by atoms with Crippen LogP contribution in [0, 0.1) is 17.0 Å². The van der Waals surface area contributed by atoms with E-state index in [0.717, 1.165) is 5.56 Å². The highest BCUT2D eigenvalue weighted by Gasteiger charge is 2.17. The molecule has 3 rings (SSSR count). The van der Waals surface area contributed by atoms with Crippen molar-refractivity contribution in [2.75, 3.05) is 5.32 Å². The van der Waals surface area contributed by atoms with E-state index in [4.69, 9.17) is 4.42 Å². The summed E-state index contributed by atoms with van der Waals surface area (Å²) >= 11 is 0. The number of benzene rings is 2. The zero-order valence-electron chi connectivity index (χ0n) is 11.7. The van der Waals surface area contributed by atoms with Crippen molar-refractivity contribution in [2.45, 2.75) is 6.92 Å². The van der Waals surface area contributed by atoms with Crippen molar-refractivity contribution in [2.24, 2.45) is 0 Å². The molecule has 0 atom stereocenters. The number of nitrogens with one attached hydrogen (secondary N) is 1. The lowest BCUT2D eigenvalue weighted by Gasteiger charge is -2.04. The standard InChI is InChI=1S/C16H12N2O4/c1-10-2-4-11(5-3-10)17-16(19)14-9-22-15-7-6-12(18(20)21)8-13(14)15/h2-9H,1H3,(H,17,19). The molecule has 1 N–H and O–H groups in total. The fourth-order valence-electron chi connectivity index (χ4n) is 2.14. The molecule has 0 spiro atoms. The summed E-state index contributed by atoms with van der Waals surface area (Å²) in [4.78, 5) is 22.7. The van der Waals surface area contributed by atoms with E-state index in [9.17, 15) is 14.9 Å². The Labute approximate surface area is 125 Å². The van der Waals surface area contributed by atoms with Crippen LogP contribution in [0.25, 0.3) is 11.0 Å². The molecule has 0 unspecified atom stereocenters. The number of rotatable bonds is 3. The fraction of sp³-hybridized carbons (Fsp3) is 0.0625. The van der Waals surface area contributed by atoms with Crippen LogP contribution < -0.4 is 5.32 Å². The average molecular weight is 296 g/mol. The van der Waals surface area contributed by atoms with Gasteiger partial charge in [-0.05, 0) is 25.1 Å². The summed E-state index contributed by atoms with van der Waals surface area (Å²) in [5, 5.41) is 14.0. The van der Waals surface area contributed by atoms with Gasteiger partial charge in [0.15, 0.2) is 0 Å². The summed E-state index contributed by atoms with van der Waals surface area (Å²) in [6, 6.07) is 11.5. The Morgan fingerprint density at radius 2 is 1.91 bits per heavy atom. The molecule has 0 saturated carbocycles. The second-order valence-corrected chi connectivity index (χ2v) is 4.91. The van der Waals surface area contributed by atoms with E-state index in [1.54, 1.807) is 12.1 Å². The van der Waals surface area contributed by atoms with Crippen molar-refractivity contribution >= 4 is 28.3 Å². The number of hydrogen-bond donors (Lipinski definition) is 1. The summed E-state index contributed by atoms with van der Waals surface area (Å²) < 4.78 is 5.28. The van der Waals surface area contributed by atoms with E-state index in [0.29, 0.717) is 16.7 Å². The first kappa shape index (κ1) is 13.8. The molecule has 0 aliphatic rings. The number of amides is 1. The number of nitro groups is 1. The normalized spacial score (nSPS) is 10.6. The molecule has 0 aliphatic carbocycles. The van der Waals surface area contributed by atoms with Gasteiger partial charge in [0, 0.05) is 23.2 Å². The van der Waals surface area contributed by atoms with Gasteiger partial charge >= 0.3 is 0 Å². The van der Waals surface area contributed by atoms with E-state index in [2.05, 4.69) is 5.32 Å². The Kier molecular flexibility index (Phi) is 3.34. The van der Waals surface area contributed by atoms with E-state index in [1.165, 1.54) is 24.5 Å². The Morgan fingerprint density at radius 1 is 1.18 bits per heavy atom. The van der Waals surface area contributed by atoms with Gasteiger partial charge in [0.2, 0.25) is 0 Å². The van der Waals surface area contributed by atoms with Gasteiger partial charge in [-0.25, -0.2) is 0 Å². The predicted octanol–water partition coefficient (Wildman–Crippen LogP) is 3.90. The molecule has 1 aromatic heterocycles. The predicted molar refractivity (Wildman–Crippen MR) is 82.0 cm³/mol. The molecular weight excluding hydrogens is 284 g/mol. The second kappa shape index (κ2) is 5.33. The first-order valence-corrected chi connectivity index (χ1v) is 6.58. The van der Waals surface area contributed by atoms with Gasteiger partial charge in [0.05, 0.1) is 10.5 Å². The van der Waals surface area contributed by atoms with Crippen LogP contribution in [0.5, 0.6) is 0 Å². The van der Waals surface area contributed by atoms with Crippen molar-refractivity contribution in [3.8, 4) is 0 Å². The number of nitro benzene ring substituents is 1. The SMILES string of the molecule is Cc1ccc(NC(=O)c2coc3ccc([N+](=O)[O-])cc23)cc1. The molecule has 1 amide bonds. The number of anilines is 1. The van der Waals surface area contributed by atoms with Gasteiger partial charge in [-0.3, -0.25) is 14.9 Å². The maximum Gasteiger partial charge on any atom is 0.270 e. The molecule has 0 radical (unpaired) electrons. The number of fused-ring (bicyclic) bond motifs is 1. The first-order chi connectivity index (χ1) is 10.5. The molecule has 3 aromatic rings. The Morgan fingerprint density at radius 3 is 2.59 bits per heavy atom. The summed E-state index contributed by atoms with van der Waals surface area (Å²) in [6.07, 6.45) is 1.30. The van der Waals surface area contributed by atoms with Crippen LogP contribution in [0.1, 0.15) is 15.9 Å². The van der Waals surface area contributed by atoms with Crippen LogP contribution in [0.3, 0.4) is 0 Å². The molecule has 6 nitrogen and oxygen atoms in total. The Bertz CT molecular complexity index is 865. The second-order valence-electron chi connectivity index (χ2n) is 4.91. The third-order valence-electron chi connectivity index (χ3n) is 3.32. The van der Waals surface area contributed by atoms with Gasteiger partial charge in [-0.15, -0.1) is 0 Å². The third-order valence-corrected chi connectivity index (χ3v) is 3.32. The number of nitrogens with zero attached hydrogens (tertiary/aromatic N) is 1. The number of non-ortho nitro benzene ring substituents is 1. The monoisotopic (exact) mass is 296 g/mol. The molecule has 22 heavy (non-hydrogen) atoms. The lowest BCUT2D eigenvalue weighted by molar-refractivity contribution is -0.384. The van der Waals surface area contributed by atoms with Gasteiger partial charge in [-0.1, -0.05) is 17.7 Å². The first-order valence-electron chi connectivity index (χ1n) is 6.58. The average Bonchev–Trinajstić information content (AvgIpc) is 2.92. The molecule has 2 aromatic carbocycles. The van der Waals surface area contributed by atoms with E-state index < -0.39 is 4.92 Å². The topological polar surface area (TPSA) is 85.4 Å². The molecule has 0 bridgehead atoms. The highest BCUT2D eigenvalue weighted by molar-refractivity contribution is 6.12. The molecule has 110 valence electrons. The minimum Gasteiger partial charge on any atom is -0.463 e. The van der Waals surface area contributed by atoms with Crippen molar-refractivity contribution in [3.63, 3.8) is 0 Å². The Balaban J connectivity index is 1.95. The van der Waals surface area contributed by atoms with Crippen molar-refractivity contribution < 1.29 is 14.1 Å². The molecule has 0 aliphatic heterocycles. The van der Waals surface area contributed by atoms with Crippen LogP contribution in [-0.2, 0) is 0 Å². The van der Waals surface area contributed by atoms with Gasteiger partial charge in [0.25, 0.3) is 11.6 Å². The lowest BCUT2D eigenvalue weighted by Crippen LogP contribution is -2.11. The highest BCUT2D eigenvalue weighted by atomic mass is 16.6. The number of furan rings is 1.